The van der Waals surface area contributed by atoms with E-state index in [9.17, 15) is 0 Å². The van der Waals surface area contributed by atoms with Crippen LogP contribution in [0.4, 0.5) is 0 Å². The molecule has 1 aliphatic carbocycles. The van der Waals surface area contributed by atoms with E-state index in [1.165, 1.54) is 128 Å². The lowest BCUT2D eigenvalue weighted by Crippen LogP contribution is -2.24. The molecule has 0 heterocycles. The third-order valence-electron chi connectivity index (χ3n) is 7.44. The van der Waals surface area contributed by atoms with Gasteiger partial charge in [0, 0.05) is 6.04 Å². The van der Waals surface area contributed by atoms with Crippen molar-refractivity contribution in [1.82, 2.24) is 5.32 Å². The van der Waals surface area contributed by atoms with Crippen LogP contribution in [0.25, 0.3) is 0 Å². The van der Waals surface area contributed by atoms with Gasteiger partial charge in [-0.2, -0.15) is 0 Å². The largest absolute Gasteiger partial charge is 0.317 e. The smallest absolute Gasteiger partial charge is 0.00640 e. The Bertz CT molecular complexity index is 326. The van der Waals surface area contributed by atoms with Crippen molar-refractivity contribution < 1.29 is 0 Å². The Hall–Kier alpha value is -0.0400. The van der Waals surface area contributed by atoms with Gasteiger partial charge in [-0.25, -0.2) is 0 Å². The molecule has 1 unspecified atom stereocenters. The summed E-state index contributed by atoms with van der Waals surface area (Å²) < 4.78 is 0. The quantitative estimate of drug-likeness (QED) is 0.166. The molecule has 3 atom stereocenters. The van der Waals surface area contributed by atoms with E-state index in [-0.39, 0.29) is 0 Å². The third-order valence-corrected chi connectivity index (χ3v) is 7.44. The maximum atomic E-state index is 3.57. The van der Waals surface area contributed by atoms with Gasteiger partial charge in [-0.3, -0.25) is 0 Å². The van der Waals surface area contributed by atoms with Crippen LogP contribution in [0.15, 0.2) is 0 Å². The van der Waals surface area contributed by atoms with E-state index in [2.05, 4.69) is 26.2 Å². The standard InChI is InChI=1S/C28H57N/c1-4-6-8-10-13-17-21-26-25-27(26)22-18-14-12-16-20-24-28(29-3)23-19-15-11-9-7-5-2/h26-29H,4-25H2,1-3H3/t26-,27+,28?/m1/s1. The van der Waals surface area contributed by atoms with Gasteiger partial charge in [0.1, 0.15) is 0 Å². The maximum Gasteiger partial charge on any atom is 0.00640 e. The Balaban J connectivity index is 1.81. The normalized spacial score (nSPS) is 19.6. The minimum Gasteiger partial charge on any atom is -0.317 e. The molecule has 0 spiro atoms. The van der Waals surface area contributed by atoms with E-state index in [0.717, 1.165) is 17.9 Å². The zero-order valence-electron chi connectivity index (χ0n) is 20.8. The molecule has 1 aliphatic rings. The lowest BCUT2D eigenvalue weighted by molar-refractivity contribution is 0.434. The number of rotatable bonds is 23. The predicted octanol–water partition coefficient (Wildman–Crippen LogP) is 9.44. The van der Waals surface area contributed by atoms with Crippen LogP contribution in [0.2, 0.25) is 0 Å². The van der Waals surface area contributed by atoms with Gasteiger partial charge in [0.05, 0.1) is 0 Å². The van der Waals surface area contributed by atoms with Gasteiger partial charge in [0.2, 0.25) is 0 Å². The summed E-state index contributed by atoms with van der Waals surface area (Å²) in [5.74, 6) is 2.25. The second kappa shape index (κ2) is 19.9. The first-order valence-corrected chi connectivity index (χ1v) is 14.0. The Morgan fingerprint density at radius 3 is 1.34 bits per heavy atom. The summed E-state index contributed by atoms with van der Waals surface area (Å²) in [7, 11) is 2.17. The average molecular weight is 408 g/mol. The van der Waals surface area contributed by atoms with Gasteiger partial charge < -0.3 is 5.32 Å². The Kier molecular flexibility index (Phi) is 18.5. The average Bonchev–Trinajstić information content (AvgIpc) is 3.48. The van der Waals surface area contributed by atoms with Crippen molar-refractivity contribution in [2.45, 2.75) is 161 Å². The highest BCUT2D eigenvalue weighted by atomic mass is 14.9. The summed E-state index contributed by atoms with van der Waals surface area (Å²) in [4.78, 5) is 0. The molecule has 0 radical (unpaired) electrons. The molecular weight excluding hydrogens is 350 g/mol. The highest BCUT2D eigenvalue weighted by molar-refractivity contribution is 4.85. The van der Waals surface area contributed by atoms with Crippen molar-refractivity contribution in [3.8, 4) is 0 Å². The van der Waals surface area contributed by atoms with Crippen LogP contribution >= 0.6 is 0 Å². The molecule has 1 N–H and O–H groups in total. The van der Waals surface area contributed by atoms with Crippen LogP contribution in [0.5, 0.6) is 0 Å². The molecule has 1 rings (SSSR count). The third kappa shape index (κ3) is 16.3. The SMILES string of the molecule is CCCCCCCCC(CCCCCCC[C@H]1C[C@H]1CCCCCCCC)NC. The molecule has 0 aromatic heterocycles. The fourth-order valence-corrected chi connectivity index (χ4v) is 5.14. The summed E-state index contributed by atoms with van der Waals surface area (Å²) in [6.07, 6.45) is 32.1. The van der Waals surface area contributed by atoms with Crippen LogP contribution in [0.1, 0.15) is 155 Å². The lowest BCUT2D eigenvalue weighted by Gasteiger charge is -2.16. The summed E-state index contributed by atoms with van der Waals surface area (Å²) in [6.45, 7) is 4.61. The Morgan fingerprint density at radius 1 is 0.552 bits per heavy atom. The first-order valence-electron chi connectivity index (χ1n) is 14.0. The summed E-state index contributed by atoms with van der Waals surface area (Å²) in [5.41, 5.74) is 0. The van der Waals surface area contributed by atoms with Crippen molar-refractivity contribution >= 4 is 0 Å². The minimum atomic E-state index is 0.773. The number of hydrogen-bond donors (Lipinski definition) is 1. The topological polar surface area (TPSA) is 12.0 Å². The van der Waals surface area contributed by atoms with Crippen LogP contribution in [-0.4, -0.2) is 13.1 Å². The molecule has 174 valence electrons. The summed E-state index contributed by atoms with van der Waals surface area (Å²) >= 11 is 0. The zero-order valence-corrected chi connectivity index (χ0v) is 20.8. The second-order valence-electron chi connectivity index (χ2n) is 10.2. The first-order chi connectivity index (χ1) is 14.3. The van der Waals surface area contributed by atoms with E-state index < -0.39 is 0 Å². The molecule has 1 saturated carbocycles. The van der Waals surface area contributed by atoms with Crippen LogP contribution in [0, 0.1) is 11.8 Å². The zero-order chi connectivity index (χ0) is 21.0. The van der Waals surface area contributed by atoms with Crippen LogP contribution in [0.3, 0.4) is 0 Å². The van der Waals surface area contributed by atoms with Gasteiger partial charge in [-0.15, -0.1) is 0 Å². The number of unbranched alkanes of at least 4 members (excludes halogenated alkanes) is 14. The molecule has 1 nitrogen and oxygen atoms in total. The van der Waals surface area contributed by atoms with Gasteiger partial charge in [-0.1, -0.05) is 136 Å². The van der Waals surface area contributed by atoms with Crippen molar-refractivity contribution in [2.24, 2.45) is 11.8 Å². The number of nitrogens with one attached hydrogen (secondary N) is 1. The highest BCUT2D eigenvalue weighted by Gasteiger charge is 2.34. The van der Waals surface area contributed by atoms with Crippen molar-refractivity contribution in [1.29, 1.82) is 0 Å². The summed E-state index contributed by atoms with van der Waals surface area (Å²) in [5, 5.41) is 3.57. The second-order valence-corrected chi connectivity index (χ2v) is 10.2. The van der Waals surface area contributed by atoms with Crippen molar-refractivity contribution in [3.63, 3.8) is 0 Å². The molecule has 0 aromatic carbocycles. The van der Waals surface area contributed by atoms with Crippen LogP contribution in [-0.2, 0) is 0 Å². The molecule has 1 heteroatoms. The number of hydrogen-bond acceptors (Lipinski definition) is 1. The molecule has 0 aromatic rings. The molecular formula is C28H57N. The monoisotopic (exact) mass is 407 g/mol. The van der Waals surface area contributed by atoms with Gasteiger partial charge in [0.25, 0.3) is 0 Å². The van der Waals surface area contributed by atoms with E-state index in [1.807, 2.05) is 0 Å². The Morgan fingerprint density at radius 2 is 0.931 bits per heavy atom. The van der Waals surface area contributed by atoms with Crippen LogP contribution < -0.4 is 5.32 Å². The van der Waals surface area contributed by atoms with Gasteiger partial charge >= 0.3 is 0 Å². The van der Waals surface area contributed by atoms with Gasteiger partial charge in [-0.05, 0) is 38.1 Å². The van der Waals surface area contributed by atoms with Crippen molar-refractivity contribution in [2.75, 3.05) is 7.05 Å². The molecule has 0 bridgehead atoms. The lowest BCUT2D eigenvalue weighted by atomic mass is 10.00. The van der Waals surface area contributed by atoms with E-state index in [1.54, 1.807) is 12.8 Å². The highest BCUT2D eigenvalue weighted by Crippen LogP contribution is 2.45. The fourth-order valence-electron chi connectivity index (χ4n) is 5.14. The fraction of sp³-hybridized carbons (Fsp3) is 1.00. The van der Waals surface area contributed by atoms with Gasteiger partial charge in [0.15, 0.2) is 0 Å². The molecule has 0 amide bonds. The first kappa shape index (κ1) is 27.0. The minimum absolute atomic E-state index is 0.773. The molecule has 1 fully saturated rings. The van der Waals surface area contributed by atoms with E-state index >= 15 is 0 Å². The molecule has 0 saturated heterocycles. The van der Waals surface area contributed by atoms with Crippen molar-refractivity contribution in [3.05, 3.63) is 0 Å². The van der Waals surface area contributed by atoms with E-state index in [0.29, 0.717) is 0 Å². The Labute approximate surface area is 185 Å². The van der Waals surface area contributed by atoms with E-state index in [4.69, 9.17) is 0 Å². The molecule has 29 heavy (non-hydrogen) atoms. The maximum absolute atomic E-state index is 3.57. The summed E-state index contributed by atoms with van der Waals surface area (Å²) in [6, 6.07) is 0.773. The molecule has 0 aliphatic heterocycles. The predicted molar refractivity (Wildman–Crippen MR) is 133 cm³/mol.